The molecule has 1 aliphatic heterocycles. The second-order valence-electron chi connectivity index (χ2n) is 9.13. The molecular formula is C29H30N2O3. The molecule has 1 heterocycles. The minimum Gasteiger partial charge on any atom is -0.496 e. The zero-order valence-electron chi connectivity index (χ0n) is 19.5. The van der Waals surface area contributed by atoms with Crippen LogP contribution in [0.1, 0.15) is 52.4 Å². The number of methoxy groups -OCH3 is 1. The van der Waals surface area contributed by atoms with Crippen LogP contribution in [0.2, 0.25) is 0 Å². The number of hydrogen-bond donors (Lipinski definition) is 1. The van der Waals surface area contributed by atoms with Crippen LogP contribution in [-0.2, 0) is 17.6 Å². The molecule has 5 heteroatoms. The normalized spacial score (nSPS) is 19.4. The van der Waals surface area contributed by atoms with Crippen LogP contribution in [0.4, 0.5) is 5.69 Å². The molecule has 2 atom stereocenters. The Bertz CT molecular complexity index is 1190. The number of likely N-dealkylation sites (tertiary alicyclic amines) is 1. The minimum absolute atomic E-state index is 0.0377. The fraction of sp³-hybridized carbons (Fsp3) is 0.310. The van der Waals surface area contributed by atoms with Crippen molar-refractivity contribution in [1.29, 1.82) is 0 Å². The van der Waals surface area contributed by atoms with E-state index in [0.717, 1.165) is 36.9 Å². The Morgan fingerprint density at radius 1 is 0.912 bits per heavy atom. The van der Waals surface area contributed by atoms with Gasteiger partial charge in [-0.25, -0.2) is 0 Å². The van der Waals surface area contributed by atoms with Gasteiger partial charge in [0.25, 0.3) is 5.91 Å². The predicted molar refractivity (Wildman–Crippen MR) is 133 cm³/mol. The number of fused-ring (bicyclic) bond motifs is 1. The fourth-order valence-corrected chi connectivity index (χ4v) is 5.42. The fourth-order valence-electron chi connectivity index (χ4n) is 5.42. The highest BCUT2D eigenvalue weighted by Gasteiger charge is 2.40. The molecule has 0 bridgehead atoms. The van der Waals surface area contributed by atoms with E-state index in [1.165, 1.54) is 17.5 Å². The van der Waals surface area contributed by atoms with E-state index in [0.29, 0.717) is 17.9 Å². The van der Waals surface area contributed by atoms with E-state index in [1.807, 2.05) is 53.4 Å². The number of rotatable bonds is 5. The van der Waals surface area contributed by atoms with Crippen molar-refractivity contribution >= 4 is 17.5 Å². The molecule has 3 aromatic rings. The van der Waals surface area contributed by atoms with Crippen LogP contribution in [0.5, 0.6) is 5.75 Å². The molecule has 1 N–H and O–H groups in total. The highest BCUT2D eigenvalue weighted by Crippen LogP contribution is 2.39. The van der Waals surface area contributed by atoms with Crippen molar-refractivity contribution in [2.24, 2.45) is 5.92 Å². The van der Waals surface area contributed by atoms with Gasteiger partial charge >= 0.3 is 0 Å². The third-order valence-corrected chi connectivity index (χ3v) is 7.07. The Morgan fingerprint density at radius 3 is 2.50 bits per heavy atom. The van der Waals surface area contributed by atoms with E-state index in [1.54, 1.807) is 19.2 Å². The van der Waals surface area contributed by atoms with Crippen molar-refractivity contribution in [3.8, 4) is 5.75 Å². The van der Waals surface area contributed by atoms with Crippen LogP contribution < -0.4 is 10.1 Å². The summed E-state index contributed by atoms with van der Waals surface area (Å²) in [4.78, 5) is 29.2. The number of carbonyl (C=O) groups is 2. The van der Waals surface area contributed by atoms with Gasteiger partial charge < -0.3 is 15.0 Å². The van der Waals surface area contributed by atoms with Gasteiger partial charge in [-0.15, -0.1) is 0 Å². The van der Waals surface area contributed by atoms with E-state index in [-0.39, 0.29) is 23.8 Å². The molecule has 0 radical (unpaired) electrons. The second kappa shape index (κ2) is 9.72. The van der Waals surface area contributed by atoms with Crippen LogP contribution >= 0.6 is 0 Å². The van der Waals surface area contributed by atoms with Crippen LogP contribution in [0, 0.1) is 5.92 Å². The highest BCUT2D eigenvalue weighted by molar-refractivity contribution is 5.99. The SMILES string of the molecule is COc1ccccc1C(=O)N1CCCC(C(=O)Nc2ccc3c(c2)CCC3)C1c1ccccc1. The van der Waals surface area contributed by atoms with Gasteiger partial charge in [-0.3, -0.25) is 9.59 Å². The van der Waals surface area contributed by atoms with Gasteiger partial charge in [0, 0.05) is 12.2 Å². The summed E-state index contributed by atoms with van der Waals surface area (Å²) < 4.78 is 5.46. The number of para-hydroxylation sites is 1. The van der Waals surface area contributed by atoms with E-state index < -0.39 is 0 Å². The molecule has 2 aliphatic rings. The van der Waals surface area contributed by atoms with Crippen molar-refractivity contribution < 1.29 is 14.3 Å². The maximum Gasteiger partial charge on any atom is 0.258 e. The van der Waals surface area contributed by atoms with Crippen LogP contribution in [0.15, 0.2) is 72.8 Å². The van der Waals surface area contributed by atoms with Gasteiger partial charge in [0.1, 0.15) is 5.75 Å². The first-order valence-corrected chi connectivity index (χ1v) is 12.1. The number of benzene rings is 3. The summed E-state index contributed by atoms with van der Waals surface area (Å²) in [5.41, 5.74) is 5.04. The van der Waals surface area contributed by atoms with E-state index in [4.69, 9.17) is 4.74 Å². The van der Waals surface area contributed by atoms with Crippen molar-refractivity contribution in [3.05, 3.63) is 95.1 Å². The minimum atomic E-state index is -0.346. The molecule has 3 aromatic carbocycles. The van der Waals surface area contributed by atoms with Gasteiger partial charge in [-0.2, -0.15) is 0 Å². The third-order valence-electron chi connectivity index (χ3n) is 7.07. The zero-order valence-corrected chi connectivity index (χ0v) is 19.5. The summed E-state index contributed by atoms with van der Waals surface area (Å²) >= 11 is 0. The van der Waals surface area contributed by atoms with Crippen LogP contribution in [0.3, 0.4) is 0 Å². The number of hydrogen-bond acceptors (Lipinski definition) is 3. The standard InChI is InChI=1S/C29H30N2O3/c1-34-26-15-6-5-13-24(26)29(33)31-18-8-14-25(27(31)21-9-3-2-4-10-21)28(32)30-23-17-16-20-11-7-12-22(20)19-23/h2-6,9-10,13,15-17,19,25,27H,7-8,11-12,14,18H2,1H3,(H,30,32). The summed E-state index contributed by atoms with van der Waals surface area (Å²) in [6, 6.07) is 23.1. The van der Waals surface area contributed by atoms with Gasteiger partial charge in [0.2, 0.25) is 5.91 Å². The number of nitrogens with zero attached hydrogens (tertiary/aromatic N) is 1. The molecular weight excluding hydrogens is 424 g/mol. The quantitative estimate of drug-likeness (QED) is 0.560. The maximum atomic E-state index is 13.7. The van der Waals surface area contributed by atoms with E-state index in [2.05, 4.69) is 17.4 Å². The summed E-state index contributed by atoms with van der Waals surface area (Å²) in [6.07, 6.45) is 4.85. The lowest BCUT2D eigenvalue weighted by Crippen LogP contribution is -2.46. The molecule has 1 aliphatic carbocycles. The number of amides is 2. The molecule has 2 amide bonds. The molecule has 0 aromatic heterocycles. The summed E-state index contributed by atoms with van der Waals surface area (Å²) in [6.45, 7) is 0.596. The highest BCUT2D eigenvalue weighted by atomic mass is 16.5. The lowest BCUT2D eigenvalue weighted by atomic mass is 9.83. The van der Waals surface area contributed by atoms with Crippen molar-refractivity contribution in [1.82, 2.24) is 4.90 Å². The van der Waals surface area contributed by atoms with Gasteiger partial charge in [-0.05, 0) is 73.1 Å². The summed E-state index contributed by atoms with van der Waals surface area (Å²) in [5, 5.41) is 3.16. The number of anilines is 1. The first-order valence-electron chi connectivity index (χ1n) is 12.1. The maximum absolute atomic E-state index is 13.7. The second-order valence-corrected chi connectivity index (χ2v) is 9.13. The molecule has 34 heavy (non-hydrogen) atoms. The lowest BCUT2D eigenvalue weighted by molar-refractivity contribution is -0.123. The smallest absolute Gasteiger partial charge is 0.258 e. The monoisotopic (exact) mass is 454 g/mol. The summed E-state index contributed by atoms with van der Waals surface area (Å²) in [7, 11) is 1.57. The first-order chi connectivity index (χ1) is 16.7. The Hall–Kier alpha value is -3.60. The third kappa shape index (κ3) is 4.30. The molecule has 2 unspecified atom stereocenters. The number of carbonyl (C=O) groups excluding carboxylic acids is 2. The Kier molecular flexibility index (Phi) is 6.35. The Balaban J connectivity index is 1.46. The molecule has 5 nitrogen and oxygen atoms in total. The average molecular weight is 455 g/mol. The molecule has 1 fully saturated rings. The molecule has 0 saturated carbocycles. The van der Waals surface area contributed by atoms with E-state index in [9.17, 15) is 9.59 Å². The number of nitrogens with one attached hydrogen (secondary N) is 1. The van der Waals surface area contributed by atoms with Crippen LogP contribution in [-0.4, -0.2) is 30.4 Å². The average Bonchev–Trinajstić information content (AvgIpc) is 3.36. The van der Waals surface area contributed by atoms with Gasteiger partial charge in [-0.1, -0.05) is 48.5 Å². The zero-order chi connectivity index (χ0) is 23.5. The molecule has 0 spiro atoms. The Morgan fingerprint density at radius 2 is 1.68 bits per heavy atom. The van der Waals surface area contributed by atoms with E-state index >= 15 is 0 Å². The molecule has 1 saturated heterocycles. The number of ether oxygens (including phenoxy) is 1. The van der Waals surface area contributed by atoms with Gasteiger partial charge in [0.05, 0.1) is 24.6 Å². The van der Waals surface area contributed by atoms with Gasteiger partial charge in [0.15, 0.2) is 0 Å². The topological polar surface area (TPSA) is 58.6 Å². The lowest BCUT2D eigenvalue weighted by Gasteiger charge is -2.41. The molecule has 5 rings (SSSR count). The molecule has 174 valence electrons. The number of piperidine rings is 1. The predicted octanol–water partition coefficient (Wildman–Crippen LogP) is 5.42. The first kappa shape index (κ1) is 22.2. The number of aryl methyl sites for hydroxylation is 2. The summed E-state index contributed by atoms with van der Waals surface area (Å²) in [5.74, 6) is 0.0535. The van der Waals surface area contributed by atoms with Crippen molar-refractivity contribution in [2.75, 3.05) is 19.0 Å². The Labute approximate surface area is 200 Å². The van der Waals surface area contributed by atoms with Crippen molar-refractivity contribution in [2.45, 2.75) is 38.1 Å². The van der Waals surface area contributed by atoms with Crippen molar-refractivity contribution in [3.63, 3.8) is 0 Å². The largest absolute Gasteiger partial charge is 0.496 e. The van der Waals surface area contributed by atoms with Crippen LogP contribution in [0.25, 0.3) is 0 Å².